The zero-order valence-electron chi connectivity index (χ0n) is 24.4. The molecule has 0 spiro atoms. The molecule has 9 rings (SSSR count). The number of nitrogens with one attached hydrogen (secondary N) is 1. The summed E-state index contributed by atoms with van der Waals surface area (Å²) in [5.41, 5.74) is 3.42. The van der Waals surface area contributed by atoms with Crippen LogP contribution in [0.3, 0.4) is 0 Å². The third-order valence-corrected chi connectivity index (χ3v) is 9.67. The van der Waals surface area contributed by atoms with Crippen molar-refractivity contribution >= 4 is 66.2 Å². The number of hydrogen-bond acceptors (Lipinski definition) is 6. The number of hydrogen-bond donors (Lipinski definition) is 4. The molecule has 1 fully saturated rings. The number of amides is 1. The zero-order valence-corrected chi connectivity index (χ0v) is 24.4. The van der Waals surface area contributed by atoms with Gasteiger partial charge in [0.05, 0.1) is 29.5 Å². The number of H-pyrrole nitrogens is 1. The van der Waals surface area contributed by atoms with Gasteiger partial charge in [0.15, 0.2) is 5.88 Å². The van der Waals surface area contributed by atoms with Crippen molar-refractivity contribution < 1.29 is 24.9 Å². The van der Waals surface area contributed by atoms with Gasteiger partial charge in [-0.3, -0.25) is 0 Å². The predicted octanol–water partition coefficient (Wildman–Crippen LogP) is 5.50. The fourth-order valence-corrected chi connectivity index (χ4v) is 7.64. The number of aromatic hydroxyl groups is 2. The minimum absolute atomic E-state index is 0.116. The Bertz CT molecular complexity index is 2310. The van der Waals surface area contributed by atoms with Crippen molar-refractivity contribution in [3.8, 4) is 11.6 Å². The van der Waals surface area contributed by atoms with Crippen molar-refractivity contribution in [3.05, 3.63) is 79.0 Å². The number of piperazine rings is 1. The number of phenols is 1. The van der Waals surface area contributed by atoms with Crippen molar-refractivity contribution in [2.75, 3.05) is 37.7 Å². The number of aromatic amines is 1. The third kappa shape index (κ3) is 3.75. The minimum atomic E-state index is -1.41. The first-order valence-electron chi connectivity index (χ1n) is 15.2. The van der Waals surface area contributed by atoms with Gasteiger partial charge in [-0.05, 0) is 36.4 Å². The normalized spacial score (nSPS) is 18.6. The molecule has 3 aromatic heterocycles. The van der Waals surface area contributed by atoms with Crippen molar-refractivity contribution in [2.45, 2.75) is 18.7 Å². The highest BCUT2D eigenvalue weighted by molar-refractivity contribution is 6.36. The van der Waals surface area contributed by atoms with Crippen molar-refractivity contribution in [3.63, 3.8) is 0 Å². The lowest BCUT2D eigenvalue weighted by Gasteiger charge is -2.36. The van der Waals surface area contributed by atoms with Crippen LogP contribution < -0.4 is 4.90 Å². The van der Waals surface area contributed by atoms with E-state index in [1.165, 1.54) is 0 Å². The molecule has 226 valence electrons. The molecule has 0 radical (unpaired) electrons. The molecule has 10 heteroatoms. The molecule has 1 atom stereocenters. The summed E-state index contributed by atoms with van der Waals surface area (Å²) >= 11 is 0. The maximum atomic E-state index is 13.3. The number of aromatic nitrogens is 3. The highest BCUT2D eigenvalue weighted by atomic mass is 16.6. The van der Waals surface area contributed by atoms with Crippen LogP contribution in [0, 0.1) is 0 Å². The molecule has 2 aliphatic rings. The van der Waals surface area contributed by atoms with Gasteiger partial charge < -0.3 is 44.0 Å². The number of carbonyl (C=O) groups is 1. The second kappa shape index (κ2) is 9.33. The molecule has 1 amide bonds. The van der Waals surface area contributed by atoms with Gasteiger partial charge in [-0.1, -0.05) is 36.4 Å². The lowest BCUT2D eigenvalue weighted by atomic mass is 10.0. The third-order valence-electron chi connectivity index (χ3n) is 9.67. The number of rotatable bonds is 3. The van der Waals surface area contributed by atoms with Crippen LogP contribution in [-0.4, -0.2) is 78.8 Å². The summed E-state index contributed by atoms with van der Waals surface area (Å²) in [7, 11) is 0. The van der Waals surface area contributed by atoms with Crippen LogP contribution in [0.25, 0.3) is 54.4 Å². The molecule has 2 aliphatic heterocycles. The molecule has 10 nitrogen and oxygen atoms in total. The highest BCUT2D eigenvalue weighted by Gasteiger charge is 2.38. The van der Waals surface area contributed by atoms with E-state index in [0.29, 0.717) is 26.2 Å². The first-order valence-corrected chi connectivity index (χ1v) is 15.2. The number of fused-ring (bicyclic) bond motifs is 9. The second-order valence-electron chi connectivity index (χ2n) is 12.3. The van der Waals surface area contributed by atoms with E-state index in [9.17, 15) is 20.1 Å². The van der Waals surface area contributed by atoms with Crippen molar-refractivity contribution in [1.82, 2.24) is 19.0 Å². The van der Waals surface area contributed by atoms with Gasteiger partial charge in [-0.2, -0.15) is 0 Å². The summed E-state index contributed by atoms with van der Waals surface area (Å²) in [6.45, 7) is 2.52. The van der Waals surface area contributed by atoms with E-state index >= 15 is 0 Å². The SMILES string of the molecule is O=C(OCC1(O)Cn2c3ccccc3c3c4c[nH]c(O)c4c4c5ccccc5n(c4c32)C1)N1CCN(c2ccc(O)cc2)CC1. The van der Waals surface area contributed by atoms with Crippen LogP contribution in [0.1, 0.15) is 0 Å². The molecule has 0 saturated carbocycles. The van der Waals surface area contributed by atoms with E-state index in [2.05, 4.69) is 37.2 Å². The average Bonchev–Trinajstić information content (AvgIpc) is 3.67. The van der Waals surface area contributed by atoms with Crippen LogP contribution in [0.15, 0.2) is 79.0 Å². The predicted molar refractivity (Wildman–Crippen MR) is 174 cm³/mol. The number of nitrogens with zero attached hydrogens (tertiary/aromatic N) is 4. The van der Waals surface area contributed by atoms with Gasteiger partial charge in [0.2, 0.25) is 0 Å². The summed E-state index contributed by atoms with van der Waals surface area (Å²) in [5.74, 6) is 0.337. The largest absolute Gasteiger partial charge is 0.508 e. The van der Waals surface area contributed by atoms with E-state index in [-0.39, 0.29) is 31.3 Å². The highest BCUT2D eigenvalue weighted by Crippen LogP contribution is 2.48. The number of phenolic OH excluding ortho intramolecular Hbond substituents is 1. The fourth-order valence-electron chi connectivity index (χ4n) is 7.64. The summed E-state index contributed by atoms with van der Waals surface area (Å²) in [4.78, 5) is 20.2. The smallest absolute Gasteiger partial charge is 0.409 e. The summed E-state index contributed by atoms with van der Waals surface area (Å²) in [6, 6.07) is 23.3. The Morgan fingerprint density at radius 1 is 0.756 bits per heavy atom. The lowest BCUT2D eigenvalue weighted by molar-refractivity contribution is -0.0485. The number of carbonyl (C=O) groups excluding carboxylic acids is 1. The second-order valence-corrected chi connectivity index (χ2v) is 12.3. The van der Waals surface area contributed by atoms with Crippen LogP contribution >= 0.6 is 0 Å². The molecular formula is C35H31N5O5. The standard InChI is InChI=1S/C35H31N5O5/c41-22-11-9-21(10-12-22)37-13-15-38(16-14-37)34(43)45-20-35(44)18-39-26-7-3-1-5-23(26)28-25-17-36-33(42)30(25)29-24-6-2-4-8-27(24)40(19-35)32(29)31(28)39/h1-12,17,36,41-42,44H,13-16,18-20H2. The quantitative estimate of drug-likeness (QED) is 0.213. The van der Waals surface area contributed by atoms with Gasteiger partial charge in [0.1, 0.15) is 18.0 Å². The zero-order chi connectivity index (χ0) is 30.4. The molecule has 0 aliphatic carbocycles. The summed E-state index contributed by atoms with van der Waals surface area (Å²) in [6.07, 6.45) is 1.42. The van der Waals surface area contributed by atoms with Crippen molar-refractivity contribution in [2.24, 2.45) is 0 Å². The van der Waals surface area contributed by atoms with Gasteiger partial charge in [0.25, 0.3) is 0 Å². The first-order chi connectivity index (χ1) is 21.9. The van der Waals surface area contributed by atoms with E-state index < -0.39 is 11.7 Å². The summed E-state index contributed by atoms with van der Waals surface area (Å²) < 4.78 is 10.2. The van der Waals surface area contributed by atoms with E-state index in [1.54, 1.807) is 17.0 Å². The number of aliphatic hydroxyl groups is 1. The first kappa shape index (κ1) is 26.1. The molecule has 45 heavy (non-hydrogen) atoms. The lowest BCUT2D eigenvalue weighted by Crippen LogP contribution is -2.50. The van der Waals surface area contributed by atoms with E-state index in [1.807, 2.05) is 48.7 Å². The number of anilines is 1. The average molecular weight is 602 g/mol. The Hall–Kier alpha value is -5.35. The molecular weight excluding hydrogens is 570 g/mol. The molecule has 7 aromatic rings. The van der Waals surface area contributed by atoms with Gasteiger partial charge in [-0.15, -0.1) is 0 Å². The van der Waals surface area contributed by atoms with Crippen LogP contribution in [0.4, 0.5) is 10.5 Å². The fraction of sp³-hybridized carbons (Fsp3) is 0.229. The van der Waals surface area contributed by atoms with Gasteiger partial charge in [0, 0.05) is 76.0 Å². The molecule has 0 bridgehead atoms. The number of para-hydroxylation sites is 2. The van der Waals surface area contributed by atoms with Crippen LogP contribution in [0.2, 0.25) is 0 Å². The Morgan fingerprint density at radius 2 is 1.36 bits per heavy atom. The summed E-state index contributed by atoms with van der Waals surface area (Å²) in [5, 5.41) is 38.7. The minimum Gasteiger partial charge on any atom is -0.508 e. The Balaban J connectivity index is 1.10. The van der Waals surface area contributed by atoms with Gasteiger partial charge >= 0.3 is 6.09 Å². The molecule has 4 N–H and O–H groups in total. The topological polar surface area (TPSA) is 119 Å². The monoisotopic (exact) mass is 601 g/mol. The Morgan fingerprint density at radius 3 is 2.02 bits per heavy atom. The Kier molecular flexibility index (Phi) is 5.41. The number of ether oxygens (including phenoxy) is 1. The maximum absolute atomic E-state index is 13.3. The van der Waals surface area contributed by atoms with E-state index in [0.717, 1.165) is 60.1 Å². The van der Waals surface area contributed by atoms with Crippen LogP contribution in [-0.2, 0) is 17.8 Å². The number of benzene rings is 4. The molecule has 5 heterocycles. The molecule has 4 aromatic carbocycles. The molecule has 1 unspecified atom stereocenters. The Labute approximate surface area is 256 Å². The molecule has 1 saturated heterocycles. The van der Waals surface area contributed by atoms with Crippen molar-refractivity contribution in [1.29, 1.82) is 0 Å². The maximum Gasteiger partial charge on any atom is 0.409 e. The van der Waals surface area contributed by atoms with Gasteiger partial charge in [-0.25, -0.2) is 4.79 Å². The van der Waals surface area contributed by atoms with Crippen LogP contribution in [0.5, 0.6) is 11.6 Å². The van der Waals surface area contributed by atoms with E-state index in [4.69, 9.17) is 4.74 Å².